The second-order valence-corrected chi connectivity index (χ2v) is 8.68. The van der Waals surface area contributed by atoms with Gasteiger partial charge in [0.2, 0.25) is 0 Å². The molecule has 1 saturated heterocycles. The molecule has 1 aliphatic heterocycles. The molecule has 0 bridgehead atoms. The maximum Gasteiger partial charge on any atom is 0.410 e. The van der Waals surface area contributed by atoms with Crippen molar-refractivity contribution in [1.29, 1.82) is 0 Å². The van der Waals surface area contributed by atoms with E-state index in [1.165, 1.54) is 0 Å². The van der Waals surface area contributed by atoms with Crippen LogP contribution in [0.1, 0.15) is 44.4 Å². The molecule has 0 aliphatic carbocycles. The number of benzene rings is 2. The molecule has 1 heterocycles. The number of nitrogens with zero attached hydrogens (tertiary/aromatic N) is 1. The Labute approximate surface area is 184 Å². The van der Waals surface area contributed by atoms with Crippen LogP contribution in [0.15, 0.2) is 54.6 Å². The number of morpholine rings is 1. The van der Waals surface area contributed by atoms with Gasteiger partial charge in [0.15, 0.2) is 6.10 Å². The predicted octanol–water partition coefficient (Wildman–Crippen LogP) is 5.34. The summed E-state index contributed by atoms with van der Waals surface area (Å²) < 4.78 is 30.8. The van der Waals surface area contributed by atoms with Gasteiger partial charge in [-0.2, -0.15) is 0 Å². The van der Waals surface area contributed by atoms with E-state index in [0.29, 0.717) is 38.3 Å². The van der Waals surface area contributed by atoms with Crippen LogP contribution in [0.2, 0.25) is 0 Å². The lowest BCUT2D eigenvalue weighted by Gasteiger charge is -2.37. The molecule has 1 fully saturated rings. The second kappa shape index (κ2) is 10.6. The Balaban J connectivity index is 1.83. The van der Waals surface area contributed by atoms with E-state index >= 15 is 0 Å². The maximum atomic E-state index is 12.8. The number of hydrogen-bond donors (Lipinski definition) is 0. The third-order valence-electron chi connectivity index (χ3n) is 5.02. The van der Waals surface area contributed by atoms with E-state index in [4.69, 9.17) is 14.2 Å². The molecule has 1 amide bonds. The van der Waals surface area contributed by atoms with Crippen LogP contribution in [0.4, 0.5) is 9.18 Å². The molecular formula is C25H32FNO4. The first kappa shape index (κ1) is 23.1. The monoisotopic (exact) mass is 429 g/mol. The van der Waals surface area contributed by atoms with E-state index in [1.54, 1.807) is 4.90 Å². The standard InChI is InChI=1S/C25H32FNO4/c1-25(2,3)31-24(28)27-16-17-29-22(18-27)23(20-11-5-4-6-12-20)30-21-14-8-7-10-19(21)13-9-15-26/h4-8,10-12,14,22-23H,9,13,15-18H2,1-3H3/t22-,23-/m0/s1. The van der Waals surface area contributed by atoms with Crippen LogP contribution >= 0.6 is 0 Å². The van der Waals surface area contributed by atoms with E-state index in [1.807, 2.05) is 75.4 Å². The lowest BCUT2D eigenvalue weighted by atomic mass is 10.0. The number of para-hydroxylation sites is 1. The summed E-state index contributed by atoms with van der Waals surface area (Å²) in [6.45, 7) is 6.43. The molecule has 0 N–H and O–H groups in total. The second-order valence-electron chi connectivity index (χ2n) is 8.68. The van der Waals surface area contributed by atoms with E-state index in [0.717, 1.165) is 11.1 Å². The zero-order valence-electron chi connectivity index (χ0n) is 18.6. The van der Waals surface area contributed by atoms with E-state index < -0.39 is 11.7 Å². The highest BCUT2D eigenvalue weighted by molar-refractivity contribution is 5.68. The van der Waals surface area contributed by atoms with Gasteiger partial charge in [-0.3, -0.25) is 4.39 Å². The van der Waals surface area contributed by atoms with Gasteiger partial charge in [0.1, 0.15) is 17.5 Å². The lowest BCUT2D eigenvalue weighted by Crippen LogP contribution is -2.50. The predicted molar refractivity (Wildman–Crippen MR) is 118 cm³/mol. The Hall–Kier alpha value is -2.60. The van der Waals surface area contributed by atoms with Crippen LogP contribution in [0.5, 0.6) is 5.75 Å². The number of hydrogen-bond acceptors (Lipinski definition) is 4. The number of halogens is 1. The first-order valence-corrected chi connectivity index (χ1v) is 10.8. The van der Waals surface area contributed by atoms with E-state index in [9.17, 15) is 9.18 Å². The van der Waals surface area contributed by atoms with Crippen molar-refractivity contribution in [3.05, 3.63) is 65.7 Å². The minimum absolute atomic E-state index is 0.351. The molecule has 6 heteroatoms. The third kappa shape index (κ3) is 6.69. The number of alkyl halides is 1. The van der Waals surface area contributed by atoms with Crippen molar-refractivity contribution in [3.8, 4) is 5.75 Å². The van der Waals surface area contributed by atoms with Crippen molar-refractivity contribution in [2.45, 2.75) is 51.4 Å². The van der Waals surface area contributed by atoms with Gasteiger partial charge in [0.05, 0.1) is 19.8 Å². The summed E-state index contributed by atoms with van der Waals surface area (Å²) in [5, 5.41) is 0. The van der Waals surface area contributed by atoms with Crippen molar-refractivity contribution >= 4 is 6.09 Å². The van der Waals surface area contributed by atoms with Crippen LogP contribution in [0.25, 0.3) is 0 Å². The summed E-state index contributed by atoms with van der Waals surface area (Å²) in [7, 11) is 0. The normalized spacial score (nSPS) is 17.8. The molecule has 2 atom stereocenters. The van der Waals surface area contributed by atoms with Crippen molar-refractivity contribution in [2.24, 2.45) is 0 Å². The van der Waals surface area contributed by atoms with Gasteiger partial charge in [-0.05, 0) is 50.8 Å². The maximum absolute atomic E-state index is 12.8. The van der Waals surface area contributed by atoms with Gasteiger partial charge in [-0.25, -0.2) is 4.79 Å². The van der Waals surface area contributed by atoms with Crippen molar-refractivity contribution < 1.29 is 23.4 Å². The molecule has 1 aliphatic rings. The number of rotatable bonds is 7. The minimum Gasteiger partial charge on any atom is -0.483 e. The number of carbonyl (C=O) groups excluding carboxylic acids is 1. The highest BCUT2D eigenvalue weighted by Crippen LogP contribution is 2.31. The van der Waals surface area contributed by atoms with Crippen molar-refractivity contribution in [3.63, 3.8) is 0 Å². The molecule has 0 aromatic heterocycles. The average molecular weight is 430 g/mol. The highest BCUT2D eigenvalue weighted by Gasteiger charge is 2.34. The smallest absolute Gasteiger partial charge is 0.410 e. The Morgan fingerprint density at radius 2 is 1.87 bits per heavy atom. The Morgan fingerprint density at radius 1 is 1.16 bits per heavy atom. The Bertz CT molecular complexity index is 837. The number of carbonyl (C=O) groups is 1. The van der Waals surface area contributed by atoms with Gasteiger partial charge >= 0.3 is 6.09 Å². The molecule has 5 nitrogen and oxygen atoms in total. The zero-order chi connectivity index (χ0) is 22.3. The summed E-state index contributed by atoms with van der Waals surface area (Å²) in [6, 6.07) is 17.5. The van der Waals surface area contributed by atoms with Gasteiger partial charge in [0, 0.05) is 6.54 Å². The Kier molecular flexibility index (Phi) is 7.91. The summed E-state index contributed by atoms with van der Waals surface area (Å²) in [5.41, 5.74) is 1.36. The van der Waals surface area contributed by atoms with E-state index in [-0.39, 0.29) is 18.9 Å². The lowest BCUT2D eigenvalue weighted by molar-refractivity contribution is -0.0838. The molecule has 31 heavy (non-hydrogen) atoms. The van der Waals surface area contributed by atoms with Gasteiger partial charge in [0.25, 0.3) is 0 Å². The van der Waals surface area contributed by atoms with Gasteiger partial charge in [-0.1, -0.05) is 48.5 Å². The summed E-state index contributed by atoms with van der Waals surface area (Å²) >= 11 is 0. The molecule has 2 aromatic rings. The fraction of sp³-hybridized carbons (Fsp3) is 0.480. The SMILES string of the molecule is CC(C)(C)OC(=O)N1CCO[C@H]([C@@H](Oc2ccccc2CCCF)c2ccccc2)C1. The summed E-state index contributed by atoms with van der Waals surface area (Å²) in [5.74, 6) is 0.711. The number of ether oxygens (including phenoxy) is 3. The van der Waals surface area contributed by atoms with Crippen molar-refractivity contribution in [1.82, 2.24) is 4.90 Å². The molecular weight excluding hydrogens is 397 g/mol. The van der Waals surface area contributed by atoms with Gasteiger partial charge < -0.3 is 19.1 Å². The topological polar surface area (TPSA) is 48.0 Å². The number of aryl methyl sites for hydroxylation is 1. The molecule has 3 rings (SSSR count). The fourth-order valence-electron chi connectivity index (χ4n) is 3.57. The summed E-state index contributed by atoms with van der Waals surface area (Å²) in [4.78, 5) is 14.3. The molecule has 168 valence electrons. The largest absolute Gasteiger partial charge is 0.483 e. The quantitative estimate of drug-likeness (QED) is 0.596. The van der Waals surface area contributed by atoms with Gasteiger partial charge in [-0.15, -0.1) is 0 Å². The molecule has 0 saturated carbocycles. The molecule has 0 radical (unpaired) electrons. The van der Waals surface area contributed by atoms with Crippen LogP contribution in [-0.2, 0) is 15.9 Å². The first-order valence-electron chi connectivity index (χ1n) is 10.8. The van der Waals surface area contributed by atoms with Crippen LogP contribution in [0, 0.1) is 0 Å². The van der Waals surface area contributed by atoms with Crippen LogP contribution in [-0.4, -0.2) is 49.1 Å². The average Bonchev–Trinajstić information content (AvgIpc) is 2.76. The fourth-order valence-corrected chi connectivity index (χ4v) is 3.57. The summed E-state index contributed by atoms with van der Waals surface area (Å²) in [6.07, 6.45) is -0.0845. The van der Waals surface area contributed by atoms with Crippen LogP contribution in [0.3, 0.4) is 0 Å². The Morgan fingerprint density at radius 3 is 2.58 bits per heavy atom. The van der Waals surface area contributed by atoms with Crippen LogP contribution < -0.4 is 4.74 Å². The molecule has 0 spiro atoms. The first-order chi connectivity index (χ1) is 14.9. The number of amides is 1. The minimum atomic E-state index is -0.560. The molecule has 2 aromatic carbocycles. The zero-order valence-corrected chi connectivity index (χ0v) is 18.6. The highest BCUT2D eigenvalue weighted by atomic mass is 19.1. The van der Waals surface area contributed by atoms with E-state index in [2.05, 4.69) is 0 Å². The third-order valence-corrected chi connectivity index (χ3v) is 5.02. The molecule has 0 unspecified atom stereocenters. The van der Waals surface area contributed by atoms with Crippen molar-refractivity contribution in [2.75, 3.05) is 26.4 Å².